The van der Waals surface area contributed by atoms with Crippen LogP contribution < -0.4 is 0 Å². The van der Waals surface area contributed by atoms with Crippen molar-refractivity contribution in [2.75, 3.05) is 0 Å². The third-order valence-electron chi connectivity index (χ3n) is 0.500. The van der Waals surface area contributed by atoms with Gasteiger partial charge in [-0.2, -0.15) is 0 Å². The predicted molar refractivity (Wildman–Crippen MR) is 32.2 cm³/mol. The second kappa shape index (κ2) is 17.2. The average Bonchev–Trinajstić information content (AvgIpc) is 1.37. The molecule has 0 aliphatic carbocycles. The van der Waals surface area contributed by atoms with Crippen molar-refractivity contribution in [1.29, 1.82) is 0 Å². The summed E-state index contributed by atoms with van der Waals surface area (Å²) < 4.78 is 0. The molecule has 0 saturated heterocycles. The Morgan fingerprint density at radius 3 is 1.33 bits per heavy atom. The van der Waals surface area contributed by atoms with Gasteiger partial charge in [0.2, 0.25) is 0 Å². The summed E-state index contributed by atoms with van der Waals surface area (Å²) in [7, 11) is 0. The van der Waals surface area contributed by atoms with E-state index in [0.29, 0.717) is 0 Å². The summed E-state index contributed by atoms with van der Waals surface area (Å²) >= 11 is 0. The molecule has 0 spiro atoms. The van der Waals surface area contributed by atoms with Crippen LogP contribution in [-0.4, -0.2) is 28.5 Å². The van der Waals surface area contributed by atoms with Crippen molar-refractivity contribution in [3.63, 3.8) is 0 Å². The molecule has 0 bridgehead atoms. The molecule has 0 atom stereocenters. The van der Waals surface area contributed by atoms with Crippen LogP contribution in [0.25, 0.3) is 0 Å². The van der Waals surface area contributed by atoms with Crippen molar-refractivity contribution in [1.82, 2.24) is 0 Å². The minimum absolute atomic E-state index is 0. The Morgan fingerprint density at radius 2 is 1.33 bits per heavy atom. The van der Waals surface area contributed by atoms with Crippen molar-refractivity contribution in [2.45, 2.75) is 26.7 Å². The van der Waals surface area contributed by atoms with E-state index in [0.717, 1.165) is 0 Å². The molecule has 0 aliphatic heterocycles. The summed E-state index contributed by atoms with van der Waals surface area (Å²) in [6.45, 7) is 4.36. The number of hydrogen-bond acceptors (Lipinski definition) is 0. The average molecular weight is 102 g/mol. The molecule has 0 heterocycles. The van der Waals surface area contributed by atoms with E-state index in [-0.39, 0.29) is 31.4 Å². The van der Waals surface area contributed by atoms with Crippen LogP contribution in [0, 0.1) is 0 Å². The van der Waals surface area contributed by atoms with E-state index in [2.05, 4.69) is 13.8 Å². The molecule has 1 nitrogen and oxygen atoms in total. The van der Waals surface area contributed by atoms with Crippen molar-refractivity contribution < 1.29 is 8.33 Å². The molecule has 0 fully saturated rings. The van der Waals surface area contributed by atoms with Crippen LogP contribution in [0.5, 0.6) is 0 Å². The van der Waals surface area contributed by atoms with E-state index in [1.54, 1.807) is 0 Å². The zero-order valence-corrected chi connectivity index (χ0v) is 6.04. The fraction of sp³-hybridized carbons (Fsp3) is 1.00. The van der Waals surface area contributed by atoms with Gasteiger partial charge in [0.15, 0.2) is 0 Å². The second-order valence-electron chi connectivity index (χ2n) is 1.000. The van der Waals surface area contributed by atoms with Gasteiger partial charge < -0.3 is 8.33 Å². The molecular weight excluding hydrogens is 88.3 g/mol. The maximum Gasteiger partial charge on any atom is 2.00 e. The molecule has 2 heteroatoms. The largest absolute Gasteiger partial charge is 2.00 e. The molecule has 0 rings (SSSR count). The molecule has 0 aromatic heterocycles. The van der Waals surface area contributed by atoms with Crippen molar-refractivity contribution >= 4 is 23.1 Å². The summed E-state index contributed by atoms with van der Waals surface area (Å²) in [5, 5.41) is 0. The van der Waals surface area contributed by atoms with Gasteiger partial charge in [0.25, 0.3) is 0 Å². The molecule has 38 valence electrons. The fourth-order valence-corrected chi connectivity index (χ4v) is 0. The monoisotopic (exact) mass is 102 g/mol. The van der Waals surface area contributed by atoms with E-state index >= 15 is 0 Å². The fourth-order valence-electron chi connectivity index (χ4n) is 0. The molecule has 2 N–H and O–H groups in total. The number of rotatable bonds is 1. The smallest absolute Gasteiger partial charge is 1.00 e. The van der Waals surface area contributed by atoms with Gasteiger partial charge in [0.05, 0.1) is 0 Å². The predicted octanol–water partition coefficient (Wildman–Crippen LogP) is 0.826. The summed E-state index contributed by atoms with van der Waals surface area (Å²) in [5.41, 5.74) is 0. The maximum absolute atomic E-state index is 2.18. The molecule has 0 unspecified atom stereocenters. The topological polar surface area (TPSA) is 31.5 Å². The normalized spacial score (nSPS) is 5.00. The first-order valence-corrected chi connectivity index (χ1v) is 1.91. The van der Waals surface area contributed by atoms with Crippen LogP contribution in [0.15, 0.2) is 0 Å². The third kappa shape index (κ3) is 22.0. The van der Waals surface area contributed by atoms with E-state index in [1.165, 1.54) is 12.8 Å². The van der Waals surface area contributed by atoms with Gasteiger partial charge >= 0.3 is 23.1 Å². The minimum atomic E-state index is 0. The zero-order chi connectivity index (χ0) is 3.41. The van der Waals surface area contributed by atoms with Crippen LogP contribution in [0.4, 0.5) is 0 Å². The Bertz CT molecular complexity index is 16.0. The van der Waals surface area contributed by atoms with Crippen molar-refractivity contribution in [3.05, 3.63) is 0 Å². The molecule has 0 aromatic rings. The minimum Gasteiger partial charge on any atom is -1.00 e. The first-order chi connectivity index (χ1) is 1.91. The van der Waals surface area contributed by atoms with Gasteiger partial charge in [-0.25, -0.2) is 0 Å². The summed E-state index contributed by atoms with van der Waals surface area (Å²) in [6, 6.07) is 0. The number of hydrogen-bond donors (Lipinski definition) is 0. The zero-order valence-electron chi connectivity index (χ0n) is 6.62. The van der Waals surface area contributed by atoms with Crippen LogP contribution >= 0.6 is 0 Å². The molecule has 0 aliphatic rings. The van der Waals surface area contributed by atoms with Gasteiger partial charge in [-0.1, -0.05) is 26.7 Å². The molecule has 0 saturated carbocycles. The summed E-state index contributed by atoms with van der Waals surface area (Å²) in [6.07, 6.45) is 2.64. The van der Waals surface area contributed by atoms with Gasteiger partial charge in [-0.05, 0) is 0 Å². The maximum atomic E-state index is 2.18. The van der Waals surface area contributed by atoms with Crippen LogP contribution in [0.2, 0.25) is 0 Å². The Hall–Kier alpha value is 0.726. The number of unbranched alkanes of at least 4 members (excludes halogenated alkanes) is 1. The molecule has 0 aromatic carbocycles. The van der Waals surface area contributed by atoms with E-state index in [1.807, 2.05) is 0 Å². The molecular formula is C4H14MgO. The van der Waals surface area contributed by atoms with Crippen molar-refractivity contribution in [3.8, 4) is 0 Å². The van der Waals surface area contributed by atoms with Crippen LogP contribution in [0.3, 0.4) is 0 Å². The summed E-state index contributed by atoms with van der Waals surface area (Å²) in [5.74, 6) is 0. The third-order valence-corrected chi connectivity index (χ3v) is 0.500. The Kier molecular flexibility index (Phi) is 45.6. The molecule has 0 amide bonds. The first-order valence-electron chi connectivity index (χ1n) is 1.91. The van der Waals surface area contributed by atoms with Crippen molar-refractivity contribution in [2.24, 2.45) is 0 Å². The van der Waals surface area contributed by atoms with Crippen LogP contribution in [-0.2, 0) is 0 Å². The summed E-state index contributed by atoms with van der Waals surface area (Å²) in [4.78, 5) is 0. The van der Waals surface area contributed by atoms with Gasteiger partial charge in [0, 0.05) is 0 Å². The Labute approximate surface area is 58.6 Å². The van der Waals surface area contributed by atoms with E-state index in [9.17, 15) is 0 Å². The van der Waals surface area contributed by atoms with Gasteiger partial charge in [-0.3, -0.25) is 0 Å². The quantitative estimate of drug-likeness (QED) is 0.439. The van der Waals surface area contributed by atoms with Gasteiger partial charge in [-0.15, -0.1) is 0 Å². The standard InChI is InChI=1S/C4H10.Mg.H2O.2H/c1-3-4-2;;;;/h3-4H2,1-2H3;;1H2;;/q;+2;;2*-1. The van der Waals surface area contributed by atoms with Crippen LogP contribution in [0.1, 0.15) is 29.5 Å². The second-order valence-corrected chi connectivity index (χ2v) is 1.000. The first kappa shape index (κ1) is 15.9. The Balaban J connectivity index is -0.00000000750. The SMILES string of the molecule is CCCC.O.[H-].[H-].[Mg+2]. The molecule has 0 radical (unpaired) electrons. The Morgan fingerprint density at radius 1 is 1.17 bits per heavy atom. The molecule has 6 heavy (non-hydrogen) atoms. The van der Waals surface area contributed by atoms with E-state index < -0.39 is 0 Å². The van der Waals surface area contributed by atoms with E-state index in [4.69, 9.17) is 0 Å². The van der Waals surface area contributed by atoms with Gasteiger partial charge in [0.1, 0.15) is 0 Å².